The summed E-state index contributed by atoms with van der Waals surface area (Å²) >= 11 is 0. The molecule has 1 unspecified atom stereocenters. The lowest BCUT2D eigenvalue weighted by Gasteiger charge is -2.13. The second kappa shape index (κ2) is 9.08. The van der Waals surface area contributed by atoms with Gasteiger partial charge in [0.05, 0.1) is 17.6 Å². The molecule has 1 atom stereocenters. The maximum atomic E-state index is 12.6. The van der Waals surface area contributed by atoms with Crippen molar-refractivity contribution in [2.24, 2.45) is 0 Å². The summed E-state index contributed by atoms with van der Waals surface area (Å²) in [4.78, 5) is 28.7. The highest BCUT2D eigenvalue weighted by molar-refractivity contribution is 5.95. The maximum Gasteiger partial charge on any atom is 0.287 e. The summed E-state index contributed by atoms with van der Waals surface area (Å²) in [5, 5.41) is 10.2. The Morgan fingerprint density at radius 3 is 2.55 bits per heavy atom. The first-order chi connectivity index (χ1) is 15.1. The Balaban J connectivity index is 1.50. The zero-order valence-corrected chi connectivity index (χ0v) is 16.9. The molecule has 0 aliphatic rings. The molecule has 3 heterocycles. The average molecular weight is 415 g/mol. The molecule has 0 aliphatic heterocycles. The molecule has 4 aromatic rings. The number of hydrogen-bond acceptors (Lipinski definition) is 5. The summed E-state index contributed by atoms with van der Waals surface area (Å²) in [7, 11) is 0. The summed E-state index contributed by atoms with van der Waals surface area (Å²) in [6.45, 7) is 1.87. The standard InChI is InChI=1S/C23H21N5O3/c1-16(26-23(30)20-8-5-13-31-20)22(29)25-14-18-15-28(19-6-3-2-4-7-19)27-21(18)17-9-11-24-12-10-17/h2-13,15-16H,14H2,1H3,(H,25,29)(H,26,30). The molecule has 31 heavy (non-hydrogen) atoms. The molecular formula is C23H21N5O3. The number of nitrogens with zero attached hydrogens (tertiary/aromatic N) is 3. The number of aromatic nitrogens is 3. The normalized spacial score (nSPS) is 11.6. The van der Waals surface area contributed by atoms with E-state index < -0.39 is 11.9 Å². The maximum absolute atomic E-state index is 12.6. The van der Waals surface area contributed by atoms with Gasteiger partial charge in [-0.15, -0.1) is 0 Å². The molecule has 2 amide bonds. The van der Waals surface area contributed by atoms with Crippen molar-refractivity contribution in [1.29, 1.82) is 0 Å². The second-order valence-corrected chi connectivity index (χ2v) is 6.91. The molecule has 0 radical (unpaired) electrons. The van der Waals surface area contributed by atoms with E-state index in [1.165, 1.54) is 6.26 Å². The number of carbonyl (C=O) groups excluding carboxylic acids is 2. The predicted octanol–water partition coefficient (Wildman–Crippen LogP) is 2.96. The molecule has 0 aliphatic carbocycles. The summed E-state index contributed by atoms with van der Waals surface area (Å²) in [5.41, 5.74) is 3.40. The van der Waals surface area contributed by atoms with Gasteiger partial charge < -0.3 is 15.1 Å². The van der Waals surface area contributed by atoms with Crippen LogP contribution in [0.2, 0.25) is 0 Å². The molecule has 0 fully saturated rings. The first kappa shape index (κ1) is 20.1. The molecule has 0 spiro atoms. The van der Waals surface area contributed by atoms with E-state index in [1.807, 2.05) is 48.7 Å². The minimum atomic E-state index is -0.730. The fourth-order valence-electron chi connectivity index (χ4n) is 3.08. The van der Waals surface area contributed by atoms with Gasteiger partial charge in [0, 0.05) is 36.3 Å². The summed E-state index contributed by atoms with van der Waals surface area (Å²) < 4.78 is 6.83. The van der Waals surface area contributed by atoms with Crippen molar-refractivity contribution in [3.05, 3.63) is 90.8 Å². The summed E-state index contributed by atoms with van der Waals surface area (Å²) in [6.07, 6.45) is 6.69. The van der Waals surface area contributed by atoms with Gasteiger partial charge in [0.25, 0.3) is 5.91 Å². The number of para-hydroxylation sites is 1. The largest absolute Gasteiger partial charge is 0.459 e. The first-order valence-corrected chi connectivity index (χ1v) is 9.78. The Labute approximate surface area is 178 Å². The molecule has 0 bridgehead atoms. The number of nitrogens with one attached hydrogen (secondary N) is 2. The average Bonchev–Trinajstić information content (AvgIpc) is 3.49. The highest BCUT2D eigenvalue weighted by Crippen LogP contribution is 2.23. The molecule has 3 aromatic heterocycles. The van der Waals surface area contributed by atoms with E-state index in [1.54, 1.807) is 36.1 Å². The van der Waals surface area contributed by atoms with Gasteiger partial charge in [-0.1, -0.05) is 18.2 Å². The van der Waals surface area contributed by atoms with Gasteiger partial charge in [-0.25, -0.2) is 4.68 Å². The quantitative estimate of drug-likeness (QED) is 0.483. The highest BCUT2D eigenvalue weighted by atomic mass is 16.3. The van der Waals surface area contributed by atoms with Crippen LogP contribution in [-0.4, -0.2) is 32.6 Å². The smallest absolute Gasteiger partial charge is 0.287 e. The van der Waals surface area contributed by atoms with Crippen LogP contribution in [0.4, 0.5) is 0 Å². The van der Waals surface area contributed by atoms with Crippen LogP contribution in [-0.2, 0) is 11.3 Å². The van der Waals surface area contributed by atoms with Crippen molar-refractivity contribution >= 4 is 11.8 Å². The van der Waals surface area contributed by atoms with Crippen molar-refractivity contribution in [2.45, 2.75) is 19.5 Å². The Morgan fingerprint density at radius 1 is 1.06 bits per heavy atom. The Kier molecular flexibility index (Phi) is 5.89. The van der Waals surface area contributed by atoms with Crippen LogP contribution in [0, 0.1) is 0 Å². The van der Waals surface area contributed by atoms with E-state index >= 15 is 0 Å². The third-order valence-corrected chi connectivity index (χ3v) is 4.70. The van der Waals surface area contributed by atoms with Crippen LogP contribution in [0.3, 0.4) is 0 Å². The number of pyridine rings is 1. The lowest BCUT2D eigenvalue weighted by Crippen LogP contribution is -2.44. The van der Waals surface area contributed by atoms with E-state index in [9.17, 15) is 9.59 Å². The zero-order chi connectivity index (χ0) is 21.6. The van der Waals surface area contributed by atoms with Gasteiger partial charge in [-0.3, -0.25) is 14.6 Å². The van der Waals surface area contributed by atoms with Crippen LogP contribution in [0.15, 0.2) is 83.9 Å². The van der Waals surface area contributed by atoms with Crippen LogP contribution in [0.25, 0.3) is 16.9 Å². The number of benzene rings is 1. The molecule has 8 heteroatoms. The van der Waals surface area contributed by atoms with Crippen LogP contribution >= 0.6 is 0 Å². The van der Waals surface area contributed by atoms with Crippen molar-refractivity contribution in [1.82, 2.24) is 25.4 Å². The Hall–Kier alpha value is -4.20. The fraction of sp³-hybridized carbons (Fsp3) is 0.130. The highest BCUT2D eigenvalue weighted by Gasteiger charge is 2.19. The monoisotopic (exact) mass is 415 g/mol. The lowest BCUT2D eigenvalue weighted by atomic mass is 10.1. The van der Waals surface area contributed by atoms with Gasteiger partial charge in [0.15, 0.2) is 5.76 Å². The third-order valence-electron chi connectivity index (χ3n) is 4.70. The topological polar surface area (TPSA) is 102 Å². The summed E-state index contributed by atoms with van der Waals surface area (Å²) in [5.74, 6) is -0.598. The number of rotatable bonds is 7. The van der Waals surface area contributed by atoms with Gasteiger partial charge in [0.2, 0.25) is 5.91 Å². The van der Waals surface area contributed by atoms with Gasteiger partial charge in [0.1, 0.15) is 6.04 Å². The molecule has 0 saturated carbocycles. The molecular weight excluding hydrogens is 394 g/mol. The Morgan fingerprint density at radius 2 is 1.84 bits per heavy atom. The zero-order valence-electron chi connectivity index (χ0n) is 16.9. The van der Waals surface area contributed by atoms with Gasteiger partial charge in [-0.05, 0) is 43.3 Å². The number of amides is 2. The van der Waals surface area contributed by atoms with Crippen molar-refractivity contribution in [3.8, 4) is 16.9 Å². The van der Waals surface area contributed by atoms with Crippen molar-refractivity contribution in [2.75, 3.05) is 0 Å². The predicted molar refractivity (Wildman–Crippen MR) is 114 cm³/mol. The molecule has 156 valence electrons. The minimum absolute atomic E-state index is 0.156. The molecule has 1 aromatic carbocycles. The molecule has 4 rings (SSSR count). The van der Waals surface area contributed by atoms with Crippen LogP contribution in [0.5, 0.6) is 0 Å². The van der Waals surface area contributed by atoms with Crippen molar-refractivity contribution in [3.63, 3.8) is 0 Å². The number of carbonyl (C=O) groups is 2. The Bertz CT molecular complexity index is 1150. The van der Waals surface area contributed by atoms with E-state index in [0.29, 0.717) is 0 Å². The molecule has 8 nitrogen and oxygen atoms in total. The third kappa shape index (κ3) is 4.69. The van der Waals surface area contributed by atoms with Gasteiger partial charge >= 0.3 is 0 Å². The van der Waals surface area contributed by atoms with Crippen LogP contribution in [0.1, 0.15) is 23.0 Å². The van der Waals surface area contributed by atoms with E-state index in [-0.39, 0.29) is 18.2 Å². The SMILES string of the molecule is CC(NC(=O)c1ccco1)C(=O)NCc1cn(-c2ccccc2)nc1-c1ccncc1. The first-order valence-electron chi connectivity index (χ1n) is 9.78. The second-order valence-electron chi connectivity index (χ2n) is 6.91. The summed E-state index contributed by atoms with van der Waals surface area (Å²) in [6, 6.07) is 15.9. The van der Waals surface area contributed by atoms with E-state index in [2.05, 4.69) is 15.6 Å². The van der Waals surface area contributed by atoms with Gasteiger partial charge in [-0.2, -0.15) is 5.10 Å². The lowest BCUT2D eigenvalue weighted by molar-refractivity contribution is -0.122. The molecule has 0 saturated heterocycles. The number of hydrogen-bond donors (Lipinski definition) is 2. The van der Waals surface area contributed by atoms with Crippen LogP contribution < -0.4 is 10.6 Å². The van der Waals surface area contributed by atoms with Crippen molar-refractivity contribution < 1.29 is 14.0 Å². The van der Waals surface area contributed by atoms with E-state index in [0.717, 1.165) is 22.5 Å². The molecule has 2 N–H and O–H groups in total. The van der Waals surface area contributed by atoms with E-state index in [4.69, 9.17) is 9.52 Å². The minimum Gasteiger partial charge on any atom is -0.459 e. The number of furan rings is 1. The fourth-order valence-corrected chi connectivity index (χ4v) is 3.08.